The standard InChI is InChI=1S/C29H35N5O5.ClH.H2O/c1-21-27(30-19-35)26(23-9-11-25(12-10-23)34(38)39)28(22(2)31-21)33(20-36)16-6-15-32-17-13-29(37,14-18-32)24-7-4-3-5-8-24;;/h3-5,7-12,19-20,26,31,37H,6,13-18H2,1-2H3,(H,30,35);1H;1H2. The second-order valence-corrected chi connectivity index (χ2v) is 10.1. The van der Waals surface area contributed by atoms with Gasteiger partial charge in [0.05, 0.1) is 27.8 Å². The van der Waals surface area contributed by atoms with Crippen molar-refractivity contribution >= 4 is 30.9 Å². The summed E-state index contributed by atoms with van der Waals surface area (Å²) in [7, 11) is 0. The summed E-state index contributed by atoms with van der Waals surface area (Å²) >= 11 is 0. The Balaban J connectivity index is 0.00000294. The SMILES string of the molecule is CC1=C(NC=O)C(c2ccc([N+](=O)[O-])cc2)C(N(C=O)CCCN2CCC(O)(c3ccccc3)CC2)=C(C)N1.Cl.O. The van der Waals surface area contributed by atoms with E-state index >= 15 is 0 Å². The highest BCUT2D eigenvalue weighted by Gasteiger charge is 2.35. The predicted molar refractivity (Wildman–Crippen MR) is 158 cm³/mol. The normalized spacial score (nSPS) is 18.4. The average Bonchev–Trinajstić information content (AvgIpc) is 2.94. The third-order valence-electron chi connectivity index (χ3n) is 7.68. The number of nitrogens with one attached hydrogen (secondary N) is 2. The van der Waals surface area contributed by atoms with Gasteiger partial charge >= 0.3 is 0 Å². The second kappa shape index (κ2) is 14.7. The topological polar surface area (TPSA) is 160 Å². The number of allylic oxidation sites excluding steroid dienone is 2. The number of rotatable bonds is 11. The summed E-state index contributed by atoms with van der Waals surface area (Å²) < 4.78 is 0. The van der Waals surface area contributed by atoms with Crippen molar-refractivity contribution < 1.29 is 25.1 Å². The lowest BCUT2D eigenvalue weighted by Crippen LogP contribution is -2.43. The quantitative estimate of drug-likeness (QED) is 0.207. The average molecular weight is 588 g/mol. The number of benzene rings is 2. The van der Waals surface area contributed by atoms with Gasteiger partial charge in [-0.15, -0.1) is 12.4 Å². The molecule has 2 aromatic rings. The maximum atomic E-state index is 12.4. The predicted octanol–water partition coefficient (Wildman–Crippen LogP) is 2.92. The third kappa shape index (κ3) is 7.50. The summed E-state index contributed by atoms with van der Waals surface area (Å²) in [5.41, 5.74) is 3.60. The number of carbonyl (C=O) groups excluding carboxylic acids is 2. The highest BCUT2D eigenvalue weighted by atomic mass is 35.5. The van der Waals surface area contributed by atoms with Gasteiger partial charge < -0.3 is 31.0 Å². The molecule has 41 heavy (non-hydrogen) atoms. The van der Waals surface area contributed by atoms with Crippen LogP contribution in [-0.4, -0.2) is 64.3 Å². The van der Waals surface area contributed by atoms with Crippen LogP contribution in [0, 0.1) is 10.1 Å². The lowest BCUT2D eigenvalue weighted by molar-refractivity contribution is -0.384. The van der Waals surface area contributed by atoms with Crippen molar-refractivity contribution in [2.75, 3.05) is 26.2 Å². The molecule has 0 saturated carbocycles. The van der Waals surface area contributed by atoms with Crippen LogP contribution in [0.2, 0.25) is 0 Å². The number of nitro benzene ring substituents is 1. The molecule has 2 aromatic carbocycles. The molecule has 5 N–H and O–H groups in total. The van der Waals surface area contributed by atoms with E-state index in [4.69, 9.17) is 0 Å². The van der Waals surface area contributed by atoms with Crippen molar-refractivity contribution in [3.8, 4) is 0 Å². The molecule has 4 rings (SSSR count). The third-order valence-corrected chi connectivity index (χ3v) is 7.68. The summed E-state index contributed by atoms with van der Waals surface area (Å²) in [5, 5.41) is 28.3. The Morgan fingerprint density at radius 3 is 2.29 bits per heavy atom. The Bertz CT molecular complexity index is 1260. The summed E-state index contributed by atoms with van der Waals surface area (Å²) in [6.45, 7) is 6.45. The minimum atomic E-state index is -0.813. The minimum Gasteiger partial charge on any atom is -0.412 e. The molecule has 11 nitrogen and oxygen atoms in total. The lowest BCUT2D eigenvalue weighted by Gasteiger charge is -2.39. The summed E-state index contributed by atoms with van der Waals surface area (Å²) in [5.74, 6) is -0.488. The van der Waals surface area contributed by atoms with Gasteiger partial charge in [-0.1, -0.05) is 42.5 Å². The van der Waals surface area contributed by atoms with Crippen LogP contribution in [0.5, 0.6) is 0 Å². The van der Waals surface area contributed by atoms with Gasteiger partial charge in [0, 0.05) is 43.2 Å². The Labute approximate surface area is 245 Å². The smallest absolute Gasteiger partial charge is 0.269 e. The number of likely N-dealkylation sites (tertiary alicyclic amines) is 1. The Kier molecular flexibility index (Phi) is 12.0. The van der Waals surface area contributed by atoms with E-state index in [-0.39, 0.29) is 23.6 Å². The molecule has 2 amide bonds. The first-order chi connectivity index (χ1) is 18.8. The zero-order valence-electron chi connectivity index (χ0n) is 23.2. The van der Waals surface area contributed by atoms with Crippen molar-refractivity contribution in [2.45, 2.75) is 44.6 Å². The maximum Gasteiger partial charge on any atom is 0.269 e. The summed E-state index contributed by atoms with van der Waals surface area (Å²) in [6, 6.07) is 15.9. The number of aliphatic hydroxyl groups is 1. The fourth-order valence-electron chi connectivity index (χ4n) is 5.61. The molecule has 0 aromatic heterocycles. The number of carbonyl (C=O) groups is 2. The van der Waals surface area contributed by atoms with Crippen molar-refractivity contribution in [1.29, 1.82) is 0 Å². The van der Waals surface area contributed by atoms with Crippen molar-refractivity contribution in [2.24, 2.45) is 0 Å². The molecule has 2 heterocycles. The first-order valence-electron chi connectivity index (χ1n) is 13.1. The number of piperidine rings is 1. The molecule has 0 radical (unpaired) electrons. The number of hydrogen-bond donors (Lipinski definition) is 3. The van der Waals surface area contributed by atoms with E-state index < -0.39 is 16.4 Å². The van der Waals surface area contributed by atoms with Crippen molar-refractivity contribution in [3.63, 3.8) is 0 Å². The van der Waals surface area contributed by atoms with Crippen LogP contribution >= 0.6 is 12.4 Å². The van der Waals surface area contributed by atoms with Crippen LogP contribution in [0.4, 0.5) is 5.69 Å². The van der Waals surface area contributed by atoms with Crippen LogP contribution in [0.1, 0.15) is 50.2 Å². The van der Waals surface area contributed by atoms with E-state index in [1.54, 1.807) is 17.0 Å². The first kappa shape index (κ1) is 33.4. The van der Waals surface area contributed by atoms with E-state index in [0.717, 1.165) is 48.6 Å². The fourth-order valence-corrected chi connectivity index (χ4v) is 5.61. The molecule has 0 aliphatic carbocycles. The zero-order chi connectivity index (χ0) is 28.0. The highest BCUT2D eigenvalue weighted by Crippen LogP contribution is 2.38. The largest absolute Gasteiger partial charge is 0.412 e. The molecule has 1 fully saturated rings. The molecule has 1 atom stereocenters. The summed E-state index contributed by atoms with van der Waals surface area (Å²) in [6.07, 6.45) is 3.40. The molecule has 1 saturated heterocycles. The molecule has 2 aliphatic heterocycles. The van der Waals surface area contributed by atoms with E-state index in [2.05, 4.69) is 15.5 Å². The number of dihydropyridines is 1. The number of hydrogen-bond acceptors (Lipinski definition) is 7. The second-order valence-electron chi connectivity index (χ2n) is 10.1. The van der Waals surface area contributed by atoms with E-state index in [0.29, 0.717) is 43.6 Å². The highest BCUT2D eigenvalue weighted by molar-refractivity contribution is 5.85. The van der Waals surface area contributed by atoms with E-state index in [1.807, 2.05) is 44.2 Å². The molecule has 1 unspecified atom stereocenters. The van der Waals surface area contributed by atoms with Gasteiger partial charge in [0.2, 0.25) is 12.8 Å². The number of halogens is 1. The molecule has 0 spiro atoms. The molecular formula is C29H38ClN5O6. The fraction of sp³-hybridized carbons (Fsp3) is 0.379. The van der Waals surface area contributed by atoms with Gasteiger partial charge in [0.15, 0.2) is 0 Å². The Morgan fingerprint density at radius 2 is 1.73 bits per heavy atom. The van der Waals surface area contributed by atoms with E-state index in [1.165, 1.54) is 12.1 Å². The van der Waals surface area contributed by atoms with Crippen LogP contribution < -0.4 is 10.6 Å². The van der Waals surface area contributed by atoms with Crippen molar-refractivity contribution in [3.05, 3.63) is 98.6 Å². The molecule has 222 valence electrons. The monoisotopic (exact) mass is 587 g/mol. The maximum absolute atomic E-state index is 12.4. The van der Waals surface area contributed by atoms with Gasteiger partial charge in [-0.2, -0.15) is 0 Å². The van der Waals surface area contributed by atoms with Crippen LogP contribution in [0.3, 0.4) is 0 Å². The Morgan fingerprint density at radius 1 is 1.10 bits per heavy atom. The Hall–Kier alpha value is -3.77. The summed E-state index contributed by atoms with van der Waals surface area (Å²) in [4.78, 5) is 38.5. The number of non-ortho nitro benzene ring substituents is 1. The van der Waals surface area contributed by atoms with Crippen molar-refractivity contribution in [1.82, 2.24) is 20.4 Å². The number of nitrogens with zero attached hydrogens (tertiary/aromatic N) is 3. The van der Waals surface area contributed by atoms with Gasteiger partial charge in [0.25, 0.3) is 5.69 Å². The lowest BCUT2D eigenvalue weighted by atomic mass is 9.84. The number of amides is 2. The first-order valence-corrected chi connectivity index (χ1v) is 13.1. The van der Waals surface area contributed by atoms with Gasteiger partial charge in [-0.3, -0.25) is 19.7 Å². The van der Waals surface area contributed by atoms with Crippen LogP contribution in [0.15, 0.2) is 77.4 Å². The minimum absolute atomic E-state index is 0. The van der Waals surface area contributed by atoms with Crippen LogP contribution in [-0.2, 0) is 15.2 Å². The molecule has 0 bridgehead atoms. The van der Waals surface area contributed by atoms with Gasteiger partial charge in [-0.05, 0) is 50.8 Å². The molecule has 12 heteroatoms. The zero-order valence-corrected chi connectivity index (χ0v) is 24.0. The molecular weight excluding hydrogens is 550 g/mol. The number of nitro groups is 1. The van der Waals surface area contributed by atoms with Crippen LogP contribution in [0.25, 0.3) is 0 Å². The van der Waals surface area contributed by atoms with Gasteiger partial charge in [-0.25, -0.2) is 0 Å². The van der Waals surface area contributed by atoms with Gasteiger partial charge in [0.1, 0.15) is 0 Å². The molecule has 2 aliphatic rings. The van der Waals surface area contributed by atoms with E-state index in [9.17, 15) is 24.8 Å².